The number of hydrogen-bond acceptors (Lipinski definition) is 4. The number of hydrogen-bond donors (Lipinski definition) is 2. The van der Waals surface area contributed by atoms with E-state index in [1.165, 1.54) is 6.92 Å². The van der Waals surface area contributed by atoms with E-state index in [-0.39, 0.29) is 36.5 Å². The van der Waals surface area contributed by atoms with Crippen LogP contribution in [-0.2, 0) is 14.4 Å². The summed E-state index contributed by atoms with van der Waals surface area (Å²) in [6, 6.07) is -0.445. The van der Waals surface area contributed by atoms with Gasteiger partial charge < -0.3 is 10.4 Å². The van der Waals surface area contributed by atoms with E-state index in [2.05, 4.69) is 5.32 Å². The molecule has 1 amide bonds. The SMILES string of the molecule is CC(=O)C(NC(=O)CN1CCC(CC(=O)O)C1)C(C)C. The third-order valence-corrected chi connectivity index (χ3v) is 3.62. The highest BCUT2D eigenvalue weighted by molar-refractivity contribution is 5.88. The number of amides is 1. The lowest BCUT2D eigenvalue weighted by molar-refractivity contribution is -0.138. The molecule has 1 aliphatic rings. The average Bonchev–Trinajstić information content (AvgIpc) is 2.71. The topological polar surface area (TPSA) is 86.7 Å². The molecule has 2 N–H and O–H groups in total. The Morgan fingerprint density at radius 2 is 2.00 bits per heavy atom. The summed E-state index contributed by atoms with van der Waals surface area (Å²) >= 11 is 0. The van der Waals surface area contributed by atoms with Gasteiger partial charge in [0.1, 0.15) is 0 Å². The minimum atomic E-state index is -0.794. The minimum absolute atomic E-state index is 0.0430. The summed E-state index contributed by atoms with van der Waals surface area (Å²) in [4.78, 5) is 36.0. The molecule has 1 saturated heterocycles. The first-order valence-corrected chi connectivity index (χ1v) is 7.03. The third kappa shape index (κ3) is 5.28. The van der Waals surface area contributed by atoms with Gasteiger partial charge in [-0.15, -0.1) is 0 Å². The summed E-state index contributed by atoms with van der Waals surface area (Å²) in [5, 5.41) is 11.5. The maximum absolute atomic E-state index is 11.9. The van der Waals surface area contributed by atoms with E-state index in [0.717, 1.165) is 13.0 Å². The Morgan fingerprint density at radius 3 is 2.50 bits per heavy atom. The maximum Gasteiger partial charge on any atom is 0.303 e. The predicted molar refractivity (Wildman–Crippen MR) is 74.2 cm³/mol. The molecule has 6 nitrogen and oxygen atoms in total. The Morgan fingerprint density at radius 1 is 1.35 bits per heavy atom. The quantitative estimate of drug-likeness (QED) is 0.711. The molecule has 0 saturated carbocycles. The van der Waals surface area contributed by atoms with Crippen molar-refractivity contribution in [2.75, 3.05) is 19.6 Å². The Balaban J connectivity index is 2.40. The molecular weight excluding hydrogens is 260 g/mol. The second-order valence-electron chi connectivity index (χ2n) is 5.89. The number of Topliss-reactive ketones (excluding diaryl/α,β-unsaturated/α-hetero) is 1. The monoisotopic (exact) mass is 284 g/mol. The van der Waals surface area contributed by atoms with E-state index >= 15 is 0 Å². The summed E-state index contributed by atoms with van der Waals surface area (Å²) < 4.78 is 0. The molecule has 6 heteroatoms. The van der Waals surface area contributed by atoms with Crippen molar-refractivity contribution in [2.24, 2.45) is 11.8 Å². The van der Waals surface area contributed by atoms with Crippen LogP contribution in [0.1, 0.15) is 33.6 Å². The standard InChI is InChI=1S/C14H24N2O4/c1-9(2)14(10(3)17)15-12(18)8-16-5-4-11(7-16)6-13(19)20/h9,11,14H,4-8H2,1-3H3,(H,15,18)(H,19,20). The number of nitrogens with zero attached hydrogens (tertiary/aromatic N) is 1. The number of carboxylic acid groups (broad SMARTS) is 1. The van der Waals surface area contributed by atoms with E-state index in [4.69, 9.17) is 5.11 Å². The largest absolute Gasteiger partial charge is 0.481 e. The van der Waals surface area contributed by atoms with Gasteiger partial charge in [0.15, 0.2) is 5.78 Å². The normalized spacial score (nSPS) is 20.9. The number of ketones is 1. The van der Waals surface area contributed by atoms with Gasteiger partial charge in [-0.1, -0.05) is 13.8 Å². The van der Waals surface area contributed by atoms with Crippen molar-refractivity contribution >= 4 is 17.7 Å². The van der Waals surface area contributed by atoms with Crippen molar-refractivity contribution in [1.82, 2.24) is 10.2 Å². The number of carbonyl (C=O) groups excluding carboxylic acids is 2. The molecule has 1 fully saturated rings. The first-order chi connectivity index (χ1) is 9.29. The van der Waals surface area contributed by atoms with Gasteiger partial charge in [-0.2, -0.15) is 0 Å². The Labute approximate surface area is 119 Å². The Hall–Kier alpha value is -1.43. The molecule has 0 bridgehead atoms. The van der Waals surface area contributed by atoms with E-state index in [1.54, 1.807) is 0 Å². The molecule has 0 aliphatic carbocycles. The lowest BCUT2D eigenvalue weighted by atomic mass is 10.0. The molecule has 0 spiro atoms. The van der Waals surface area contributed by atoms with Crippen LogP contribution in [0.25, 0.3) is 0 Å². The van der Waals surface area contributed by atoms with Crippen molar-refractivity contribution in [1.29, 1.82) is 0 Å². The van der Waals surface area contributed by atoms with Crippen molar-refractivity contribution in [3.8, 4) is 0 Å². The van der Waals surface area contributed by atoms with Crippen molar-refractivity contribution in [3.63, 3.8) is 0 Å². The summed E-state index contributed by atoms with van der Waals surface area (Å²) in [6.45, 7) is 6.86. The fourth-order valence-electron chi connectivity index (χ4n) is 2.63. The lowest BCUT2D eigenvalue weighted by Gasteiger charge is -2.22. The van der Waals surface area contributed by atoms with E-state index in [9.17, 15) is 14.4 Å². The van der Waals surface area contributed by atoms with Crippen LogP contribution in [0, 0.1) is 11.8 Å². The average molecular weight is 284 g/mol. The van der Waals surface area contributed by atoms with Gasteiger partial charge in [0.2, 0.25) is 5.91 Å². The minimum Gasteiger partial charge on any atom is -0.481 e. The first-order valence-electron chi connectivity index (χ1n) is 7.03. The van der Waals surface area contributed by atoms with Gasteiger partial charge >= 0.3 is 5.97 Å². The second-order valence-corrected chi connectivity index (χ2v) is 5.89. The highest BCUT2D eigenvalue weighted by atomic mass is 16.4. The smallest absolute Gasteiger partial charge is 0.303 e. The lowest BCUT2D eigenvalue weighted by Crippen LogP contribution is -2.47. The van der Waals surface area contributed by atoms with Gasteiger partial charge in [-0.25, -0.2) is 0 Å². The highest BCUT2D eigenvalue weighted by Crippen LogP contribution is 2.19. The fourth-order valence-corrected chi connectivity index (χ4v) is 2.63. The van der Waals surface area contributed by atoms with Crippen LogP contribution in [0.4, 0.5) is 0 Å². The predicted octanol–water partition coefficient (Wildman–Crippen LogP) is 0.513. The zero-order chi connectivity index (χ0) is 15.3. The summed E-state index contributed by atoms with van der Waals surface area (Å²) in [5.74, 6) is -0.824. The van der Waals surface area contributed by atoms with Crippen molar-refractivity contribution in [3.05, 3.63) is 0 Å². The first kappa shape index (κ1) is 16.6. The molecule has 1 rings (SSSR count). The molecule has 2 unspecified atom stereocenters. The van der Waals surface area contributed by atoms with E-state index in [0.29, 0.717) is 6.54 Å². The summed E-state index contributed by atoms with van der Waals surface area (Å²) in [6.07, 6.45) is 0.958. The number of carboxylic acids is 1. The van der Waals surface area contributed by atoms with Crippen LogP contribution >= 0.6 is 0 Å². The summed E-state index contributed by atoms with van der Waals surface area (Å²) in [7, 11) is 0. The molecule has 114 valence electrons. The van der Waals surface area contributed by atoms with Gasteiger partial charge in [-0.3, -0.25) is 19.3 Å². The molecule has 1 aliphatic heterocycles. The van der Waals surface area contributed by atoms with E-state index < -0.39 is 12.0 Å². The van der Waals surface area contributed by atoms with Crippen LogP contribution in [0.5, 0.6) is 0 Å². The van der Waals surface area contributed by atoms with Gasteiger partial charge in [0, 0.05) is 13.0 Å². The molecule has 0 aromatic heterocycles. The van der Waals surface area contributed by atoms with Crippen LogP contribution in [-0.4, -0.2) is 53.3 Å². The molecule has 2 atom stereocenters. The van der Waals surface area contributed by atoms with Gasteiger partial charge in [-0.05, 0) is 31.7 Å². The third-order valence-electron chi connectivity index (χ3n) is 3.62. The molecule has 0 aromatic carbocycles. The number of rotatable bonds is 7. The zero-order valence-corrected chi connectivity index (χ0v) is 12.4. The molecule has 0 radical (unpaired) electrons. The number of likely N-dealkylation sites (tertiary alicyclic amines) is 1. The maximum atomic E-state index is 11.9. The van der Waals surface area contributed by atoms with E-state index in [1.807, 2.05) is 18.7 Å². The number of nitrogens with one attached hydrogen (secondary N) is 1. The molecule has 0 aromatic rings. The molecule has 1 heterocycles. The van der Waals surface area contributed by atoms with Crippen LogP contribution in [0.15, 0.2) is 0 Å². The second kappa shape index (κ2) is 7.38. The van der Waals surface area contributed by atoms with Crippen LogP contribution < -0.4 is 5.32 Å². The summed E-state index contributed by atoms with van der Waals surface area (Å²) in [5.41, 5.74) is 0. The zero-order valence-electron chi connectivity index (χ0n) is 12.4. The molecule has 20 heavy (non-hydrogen) atoms. The fraction of sp³-hybridized carbons (Fsp3) is 0.786. The number of carbonyl (C=O) groups is 3. The highest BCUT2D eigenvalue weighted by Gasteiger charge is 2.27. The van der Waals surface area contributed by atoms with Crippen molar-refractivity contribution < 1.29 is 19.5 Å². The van der Waals surface area contributed by atoms with Crippen molar-refractivity contribution in [2.45, 2.75) is 39.7 Å². The van der Waals surface area contributed by atoms with Gasteiger partial charge in [0.25, 0.3) is 0 Å². The van der Waals surface area contributed by atoms with Crippen LogP contribution in [0.2, 0.25) is 0 Å². The Bertz CT molecular complexity index is 381. The van der Waals surface area contributed by atoms with Gasteiger partial charge in [0.05, 0.1) is 12.6 Å². The Kier molecular flexibility index (Phi) is 6.13. The molecular formula is C14H24N2O4. The number of aliphatic carboxylic acids is 1. The van der Waals surface area contributed by atoms with Crippen LogP contribution in [0.3, 0.4) is 0 Å².